The quantitative estimate of drug-likeness (QED) is 0.416. The highest BCUT2D eigenvalue weighted by Gasteiger charge is 2.15. The van der Waals surface area contributed by atoms with Gasteiger partial charge in [0.05, 0.1) is 11.0 Å². The predicted octanol–water partition coefficient (Wildman–Crippen LogP) is 4.06. The summed E-state index contributed by atoms with van der Waals surface area (Å²) in [5, 5.41) is 17.8. The molecule has 1 aromatic heterocycles. The number of nitro groups is 1. The van der Waals surface area contributed by atoms with Gasteiger partial charge in [0.25, 0.3) is 0 Å². The van der Waals surface area contributed by atoms with E-state index in [2.05, 4.69) is 22.5 Å². The summed E-state index contributed by atoms with van der Waals surface area (Å²) >= 11 is 0. The third-order valence-corrected chi connectivity index (χ3v) is 4.74. The van der Waals surface area contributed by atoms with Gasteiger partial charge in [-0.25, -0.2) is 0 Å². The third-order valence-electron chi connectivity index (χ3n) is 4.74. The molecule has 0 aliphatic carbocycles. The number of carbonyl (C=O) groups is 1. The minimum Gasteiger partial charge on any atom is -0.349 e. The molecule has 150 valence electrons. The first-order chi connectivity index (χ1) is 14.1. The molecule has 1 heterocycles. The molecule has 1 atom stereocenters. The van der Waals surface area contributed by atoms with Crippen molar-refractivity contribution in [3.05, 3.63) is 94.3 Å². The van der Waals surface area contributed by atoms with Gasteiger partial charge >= 0.3 is 5.69 Å². The number of hydrogen-bond donors (Lipinski definition) is 1. The number of benzene rings is 2. The summed E-state index contributed by atoms with van der Waals surface area (Å²) in [6.07, 6.45) is 5.47. The Morgan fingerprint density at radius 2 is 1.79 bits per heavy atom. The minimum atomic E-state index is -0.498. The fourth-order valence-electron chi connectivity index (χ4n) is 3.21. The Morgan fingerprint density at radius 3 is 2.45 bits per heavy atom. The second-order valence-corrected chi connectivity index (χ2v) is 6.88. The fraction of sp³-hybridized carbons (Fsp3) is 0.273. The lowest BCUT2D eigenvalue weighted by Crippen LogP contribution is -2.29. The van der Waals surface area contributed by atoms with E-state index in [0.29, 0.717) is 6.54 Å². The Balaban J connectivity index is 1.55. The van der Waals surface area contributed by atoms with Crippen molar-refractivity contribution < 1.29 is 9.72 Å². The molecule has 29 heavy (non-hydrogen) atoms. The molecule has 1 unspecified atom stereocenters. The summed E-state index contributed by atoms with van der Waals surface area (Å²) in [6, 6.07) is 20.1. The van der Waals surface area contributed by atoms with Crippen molar-refractivity contribution in [3.8, 4) is 0 Å². The SMILES string of the molecule is O=C(CCn1cc([N+](=O)[O-])cn1)NC(CCCc1ccccc1)c1ccccc1. The Bertz CT molecular complexity index is 926. The number of rotatable bonds is 10. The highest BCUT2D eigenvalue weighted by molar-refractivity contribution is 5.76. The summed E-state index contributed by atoms with van der Waals surface area (Å²) in [5.74, 6) is -0.100. The van der Waals surface area contributed by atoms with E-state index in [1.807, 2.05) is 48.5 Å². The van der Waals surface area contributed by atoms with Crippen molar-refractivity contribution in [2.75, 3.05) is 0 Å². The number of carbonyl (C=O) groups excluding carboxylic acids is 1. The molecule has 1 amide bonds. The topological polar surface area (TPSA) is 90.1 Å². The average Bonchev–Trinajstić information content (AvgIpc) is 3.22. The number of hydrogen-bond acceptors (Lipinski definition) is 4. The van der Waals surface area contributed by atoms with Crippen LogP contribution in [0.5, 0.6) is 0 Å². The standard InChI is InChI=1S/C22H24N4O3/c27-22(14-15-25-17-20(16-23-25)26(28)29)24-21(19-11-5-2-6-12-19)13-7-10-18-8-3-1-4-9-18/h1-6,8-9,11-12,16-17,21H,7,10,13-15H2,(H,24,27). The summed E-state index contributed by atoms with van der Waals surface area (Å²) in [6.45, 7) is 0.297. The summed E-state index contributed by atoms with van der Waals surface area (Å²) in [4.78, 5) is 22.7. The second kappa shape index (κ2) is 10.2. The molecule has 0 bridgehead atoms. The molecular formula is C22H24N4O3. The molecular weight excluding hydrogens is 368 g/mol. The van der Waals surface area contributed by atoms with E-state index in [-0.39, 0.29) is 24.1 Å². The van der Waals surface area contributed by atoms with Crippen molar-refractivity contribution >= 4 is 11.6 Å². The van der Waals surface area contributed by atoms with E-state index in [4.69, 9.17) is 0 Å². The van der Waals surface area contributed by atoms with Crippen LogP contribution in [0.2, 0.25) is 0 Å². The molecule has 2 aromatic carbocycles. The number of nitrogens with one attached hydrogen (secondary N) is 1. The van der Waals surface area contributed by atoms with E-state index < -0.39 is 4.92 Å². The molecule has 3 rings (SSSR count). The smallest absolute Gasteiger partial charge is 0.306 e. The van der Waals surface area contributed by atoms with Crippen molar-refractivity contribution in [2.45, 2.75) is 38.3 Å². The minimum absolute atomic E-state index is 0.0700. The van der Waals surface area contributed by atoms with Gasteiger partial charge in [-0.2, -0.15) is 5.10 Å². The van der Waals surface area contributed by atoms with Gasteiger partial charge in [-0.05, 0) is 30.4 Å². The van der Waals surface area contributed by atoms with E-state index in [0.717, 1.165) is 24.8 Å². The maximum absolute atomic E-state index is 12.5. The van der Waals surface area contributed by atoms with Gasteiger partial charge in [0.2, 0.25) is 5.91 Å². The van der Waals surface area contributed by atoms with Crippen LogP contribution in [0.1, 0.15) is 36.4 Å². The van der Waals surface area contributed by atoms with Gasteiger partial charge in [-0.1, -0.05) is 60.7 Å². The Labute approximate surface area is 169 Å². The van der Waals surface area contributed by atoms with Crippen LogP contribution in [0.15, 0.2) is 73.1 Å². The summed E-state index contributed by atoms with van der Waals surface area (Å²) < 4.78 is 1.42. The molecule has 0 radical (unpaired) electrons. The molecule has 0 saturated carbocycles. The summed E-state index contributed by atoms with van der Waals surface area (Å²) in [7, 11) is 0. The lowest BCUT2D eigenvalue weighted by Gasteiger charge is -2.19. The molecule has 0 fully saturated rings. The van der Waals surface area contributed by atoms with Crippen molar-refractivity contribution in [1.29, 1.82) is 0 Å². The third kappa shape index (κ3) is 6.27. The summed E-state index contributed by atoms with van der Waals surface area (Å²) in [5.41, 5.74) is 2.28. The molecule has 7 nitrogen and oxygen atoms in total. The zero-order valence-corrected chi connectivity index (χ0v) is 16.1. The normalized spacial score (nSPS) is 11.7. The van der Waals surface area contributed by atoms with Crippen LogP contribution < -0.4 is 5.32 Å². The highest BCUT2D eigenvalue weighted by atomic mass is 16.6. The number of aryl methyl sites for hydroxylation is 2. The van der Waals surface area contributed by atoms with Gasteiger partial charge in [-0.15, -0.1) is 0 Å². The van der Waals surface area contributed by atoms with Crippen LogP contribution >= 0.6 is 0 Å². The van der Waals surface area contributed by atoms with Gasteiger partial charge < -0.3 is 5.32 Å². The number of aromatic nitrogens is 2. The zero-order chi connectivity index (χ0) is 20.5. The predicted molar refractivity (Wildman–Crippen MR) is 110 cm³/mol. The van der Waals surface area contributed by atoms with E-state index >= 15 is 0 Å². The molecule has 1 N–H and O–H groups in total. The van der Waals surface area contributed by atoms with Crippen molar-refractivity contribution in [1.82, 2.24) is 15.1 Å². The van der Waals surface area contributed by atoms with Gasteiger partial charge in [-0.3, -0.25) is 19.6 Å². The Kier molecular flexibility index (Phi) is 7.10. The number of amides is 1. The highest BCUT2D eigenvalue weighted by Crippen LogP contribution is 2.20. The van der Waals surface area contributed by atoms with Gasteiger partial charge in [0.1, 0.15) is 12.4 Å². The van der Waals surface area contributed by atoms with Gasteiger partial charge in [0.15, 0.2) is 0 Å². The maximum Gasteiger partial charge on any atom is 0.306 e. The van der Waals surface area contributed by atoms with Crippen molar-refractivity contribution in [3.63, 3.8) is 0 Å². The second-order valence-electron chi connectivity index (χ2n) is 6.88. The molecule has 7 heteroatoms. The lowest BCUT2D eigenvalue weighted by molar-refractivity contribution is -0.385. The molecule has 0 saturated heterocycles. The van der Waals surface area contributed by atoms with Crippen LogP contribution in [0.25, 0.3) is 0 Å². The largest absolute Gasteiger partial charge is 0.349 e. The first kappa shape index (κ1) is 20.3. The Morgan fingerprint density at radius 1 is 1.10 bits per heavy atom. The van der Waals surface area contributed by atoms with E-state index in [1.165, 1.54) is 22.6 Å². The molecule has 3 aromatic rings. The molecule has 0 spiro atoms. The monoisotopic (exact) mass is 392 g/mol. The van der Waals surface area contributed by atoms with Crippen LogP contribution in [0, 0.1) is 10.1 Å². The lowest BCUT2D eigenvalue weighted by atomic mass is 9.99. The van der Waals surface area contributed by atoms with Gasteiger partial charge in [0, 0.05) is 13.0 Å². The van der Waals surface area contributed by atoms with E-state index in [9.17, 15) is 14.9 Å². The zero-order valence-electron chi connectivity index (χ0n) is 16.1. The first-order valence-corrected chi connectivity index (χ1v) is 9.67. The van der Waals surface area contributed by atoms with Crippen LogP contribution in [-0.4, -0.2) is 20.6 Å². The maximum atomic E-state index is 12.5. The molecule has 0 aliphatic heterocycles. The van der Waals surface area contributed by atoms with Crippen molar-refractivity contribution in [2.24, 2.45) is 0 Å². The van der Waals surface area contributed by atoms with Crippen LogP contribution in [0.3, 0.4) is 0 Å². The van der Waals surface area contributed by atoms with E-state index in [1.54, 1.807) is 0 Å². The fourth-order valence-corrected chi connectivity index (χ4v) is 3.21. The average molecular weight is 392 g/mol. The van der Waals surface area contributed by atoms with Crippen LogP contribution in [-0.2, 0) is 17.8 Å². The Hall–Kier alpha value is -3.48. The number of nitrogens with zero attached hydrogens (tertiary/aromatic N) is 3. The van der Waals surface area contributed by atoms with Crippen LogP contribution in [0.4, 0.5) is 5.69 Å². The first-order valence-electron chi connectivity index (χ1n) is 9.67. The molecule has 0 aliphatic rings.